The van der Waals surface area contributed by atoms with E-state index in [0.29, 0.717) is 6.61 Å². The molecule has 0 bridgehead atoms. The zero-order chi connectivity index (χ0) is 16.1. The molecule has 21 heavy (non-hydrogen) atoms. The van der Waals surface area contributed by atoms with E-state index >= 15 is 0 Å². The summed E-state index contributed by atoms with van der Waals surface area (Å²) >= 11 is 0. The van der Waals surface area contributed by atoms with Crippen molar-refractivity contribution in [3.8, 4) is 0 Å². The van der Waals surface area contributed by atoms with Gasteiger partial charge in [-0.3, -0.25) is 0 Å². The standard InChI is InChI=1S/C18H32O3/c1-6-8-9-10-14-20-17(19)15-21-18(5,7-2)13-11-12-16(3)4/h7,12H,2,6,8-11,13-15H2,1,3-5H3. The summed E-state index contributed by atoms with van der Waals surface area (Å²) < 4.78 is 10.8. The maximum Gasteiger partial charge on any atom is 0.332 e. The number of carbonyl (C=O) groups is 1. The molecule has 0 fully saturated rings. The highest BCUT2D eigenvalue weighted by Gasteiger charge is 2.21. The second-order valence-corrected chi connectivity index (χ2v) is 5.91. The first-order chi connectivity index (χ1) is 9.93. The summed E-state index contributed by atoms with van der Waals surface area (Å²) in [5.41, 5.74) is 0.806. The number of carbonyl (C=O) groups excluding carboxylic acids is 1. The number of hydrogen-bond donors (Lipinski definition) is 0. The Bertz CT molecular complexity index is 329. The Labute approximate surface area is 130 Å². The lowest BCUT2D eigenvalue weighted by Gasteiger charge is -2.25. The number of allylic oxidation sites excluding steroid dienone is 2. The number of esters is 1. The van der Waals surface area contributed by atoms with E-state index in [0.717, 1.165) is 25.7 Å². The fourth-order valence-electron chi connectivity index (χ4n) is 1.86. The average Bonchev–Trinajstić information content (AvgIpc) is 2.44. The molecule has 122 valence electrons. The molecule has 0 saturated carbocycles. The van der Waals surface area contributed by atoms with Crippen molar-refractivity contribution in [1.82, 2.24) is 0 Å². The summed E-state index contributed by atoms with van der Waals surface area (Å²) in [6.45, 7) is 12.5. The molecule has 0 aliphatic carbocycles. The van der Waals surface area contributed by atoms with E-state index in [4.69, 9.17) is 9.47 Å². The van der Waals surface area contributed by atoms with Crippen molar-refractivity contribution >= 4 is 5.97 Å². The Morgan fingerprint density at radius 1 is 1.24 bits per heavy atom. The second kappa shape index (κ2) is 11.6. The van der Waals surface area contributed by atoms with E-state index in [-0.39, 0.29) is 12.6 Å². The van der Waals surface area contributed by atoms with Gasteiger partial charge in [-0.25, -0.2) is 4.79 Å². The highest BCUT2D eigenvalue weighted by atomic mass is 16.6. The smallest absolute Gasteiger partial charge is 0.332 e. The van der Waals surface area contributed by atoms with Crippen LogP contribution in [0.25, 0.3) is 0 Å². The lowest BCUT2D eigenvalue weighted by Crippen LogP contribution is -2.29. The Morgan fingerprint density at radius 2 is 1.95 bits per heavy atom. The van der Waals surface area contributed by atoms with Gasteiger partial charge >= 0.3 is 5.97 Å². The Morgan fingerprint density at radius 3 is 2.52 bits per heavy atom. The molecule has 0 radical (unpaired) electrons. The molecule has 0 aromatic heterocycles. The van der Waals surface area contributed by atoms with Crippen LogP contribution in [0.3, 0.4) is 0 Å². The lowest BCUT2D eigenvalue weighted by atomic mass is 9.99. The third-order valence-corrected chi connectivity index (χ3v) is 3.41. The fraction of sp³-hybridized carbons (Fsp3) is 0.722. The molecular formula is C18H32O3. The van der Waals surface area contributed by atoms with Crippen LogP contribution in [-0.2, 0) is 14.3 Å². The zero-order valence-electron chi connectivity index (χ0n) is 14.2. The maximum atomic E-state index is 11.6. The van der Waals surface area contributed by atoms with Crippen LogP contribution in [0.1, 0.15) is 66.2 Å². The second-order valence-electron chi connectivity index (χ2n) is 5.91. The van der Waals surface area contributed by atoms with Gasteiger partial charge in [0.05, 0.1) is 12.2 Å². The SMILES string of the molecule is C=CC(C)(CCC=C(C)C)OCC(=O)OCCCCCC. The van der Waals surface area contributed by atoms with Crippen molar-refractivity contribution in [1.29, 1.82) is 0 Å². The molecule has 0 N–H and O–H groups in total. The predicted octanol–water partition coefficient (Wildman–Crippen LogP) is 4.82. The van der Waals surface area contributed by atoms with E-state index in [1.54, 1.807) is 6.08 Å². The summed E-state index contributed by atoms with van der Waals surface area (Å²) in [5, 5.41) is 0. The molecule has 0 aromatic rings. The Kier molecular flexibility index (Phi) is 11.0. The van der Waals surface area contributed by atoms with E-state index in [9.17, 15) is 4.79 Å². The molecule has 1 atom stereocenters. The van der Waals surface area contributed by atoms with E-state index in [1.165, 1.54) is 18.4 Å². The van der Waals surface area contributed by atoms with Crippen LogP contribution in [0, 0.1) is 0 Å². The lowest BCUT2D eigenvalue weighted by molar-refractivity contribution is -0.153. The Balaban J connectivity index is 3.94. The molecule has 3 nitrogen and oxygen atoms in total. The van der Waals surface area contributed by atoms with E-state index in [1.807, 2.05) is 6.92 Å². The molecule has 0 aromatic carbocycles. The minimum absolute atomic E-state index is 0.00881. The minimum Gasteiger partial charge on any atom is -0.464 e. The van der Waals surface area contributed by atoms with Gasteiger partial charge in [-0.1, -0.05) is 43.9 Å². The van der Waals surface area contributed by atoms with Crippen LogP contribution in [0.5, 0.6) is 0 Å². The first-order valence-corrected chi connectivity index (χ1v) is 8.00. The van der Waals surface area contributed by atoms with Crippen LogP contribution < -0.4 is 0 Å². The molecule has 0 aliphatic rings. The molecule has 1 unspecified atom stereocenters. The van der Waals surface area contributed by atoms with Gasteiger partial charge in [0, 0.05) is 0 Å². The number of hydrogen-bond acceptors (Lipinski definition) is 3. The molecule has 0 aliphatic heterocycles. The van der Waals surface area contributed by atoms with Gasteiger partial charge in [-0.05, 0) is 40.0 Å². The first-order valence-electron chi connectivity index (χ1n) is 8.00. The van der Waals surface area contributed by atoms with Gasteiger partial charge < -0.3 is 9.47 Å². The zero-order valence-corrected chi connectivity index (χ0v) is 14.2. The largest absolute Gasteiger partial charge is 0.464 e. The van der Waals surface area contributed by atoms with Gasteiger partial charge in [0.1, 0.15) is 6.61 Å². The summed E-state index contributed by atoms with van der Waals surface area (Å²) in [5.74, 6) is -0.290. The van der Waals surface area contributed by atoms with Crippen molar-refractivity contribution in [2.75, 3.05) is 13.2 Å². The van der Waals surface area contributed by atoms with Gasteiger partial charge in [0.15, 0.2) is 0 Å². The van der Waals surface area contributed by atoms with Crippen LogP contribution in [-0.4, -0.2) is 24.8 Å². The monoisotopic (exact) mass is 296 g/mol. The summed E-state index contributed by atoms with van der Waals surface area (Å²) in [4.78, 5) is 11.6. The van der Waals surface area contributed by atoms with Crippen LogP contribution in [0.4, 0.5) is 0 Å². The minimum atomic E-state index is -0.479. The van der Waals surface area contributed by atoms with Crippen molar-refractivity contribution < 1.29 is 14.3 Å². The first kappa shape index (κ1) is 19.9. The highest BCUT2D eigenvalue weighted by Crippen LogP contribution is 2.20. The van der Waals surface area contributed by atoms with Crippen LogP contribution >= 0.6 is 0 Å². The van der Waals surface area contributed by atoms with Crippen molar-refractivity contribution in [2.45, 2.75) is 71.8 Å². The van der Waals surface area contributed by atoms with Crippen molar-refractivity contribution in [3.05, 3.63) is 24.3 Å². The van der Waals surface area contributed by atoms with E-state index in [2.05, 4.69) is 33.4 Å². The molecule has 0 rings (SSSR count). The Hall–Kier alpha value is -1.09. The molecular weight excluding hydrogens is 264 g/mol. The van der Waals surface area contributed by atoms with Gasteiger partial charge in [0.25, 0.3) is 0 Å². The van der Waals surface area contributed by atoms with Gasteiger partial charge in [-0.15, -0.1) is 6.58 Å². The summed E-state index contributed by atoms with van der Waals surface area (Å²) in [6.07, 6.45) is 10.1. The summed E-state index contributed by atoms with van der Waals surface area (Å²) in [7, 11) is 0. The number of ether oxygens (including phenoxy) is 2. The molecule has 0 heterocycles. The molecule has 0 saturated heterocycles. The molecule has 3 heteroatoms. The predicted molar refractivity (Wildman–Crippen MR) is 88.3 cm³/mol. The quantitative estimate of drug-likeness (QED) is 0.294. The van der Waals surface area contributed by atoms with Gasteiger partial charge in [-0.2, -0.15) is 0 Å². The van der Waals surface area contributed by atoms with Crippen LogP contribution in [0.2, 0.25) is 0 Å². The van der Waals surface area contributed by atoms with Crippen molar-refractivity contribution in [3.63, 3.8) is 0 Å². The summed E-state index contributed by atoms with van der Waals surface area (Å²) in [6, 6.07) is 0. The molecule has 0 amide bonds. The van der Waals surface area contributed by atoms with E-state index < -0.39 is 5.60 Å². The van der Waals surface area contributed by atoms with Crippen LogP contribution in [0.15, 0.2) is 24.3 Å². The van der Waals surface area contributed by atoms with Gasteiger partial charge in [0.2, 0.25) is 0 Å². The number of rotatable bonds is 12. The molecule has 0 spiro atoms. The normalized spacial score (nSPS) is 13.3. The average molecular weight is 296 g/mol. The topological polar surface area (TPSA) is 35.5 Å². The third-order valence-electron chi connectivity index (χ3n) is 3.41. The van der Waals surface area contributed by atoms with Crippen molar-refractivity contribution in [2.24, 2.45) is 0 Å². The fourth-order valence-corrected chi connectivity index (χ4v) is 1.86. The third kappa shape index (κ3) is 11.3. The highest BCUT2D eigenvalue weighted by molar-refractivity contribution is 5.70. The number of unbranched alkanes of at least 4 members (excludes halogenated alkanes) is 3. The maximum absolute atomic E-state index is 11.6.